The topological polar surface area (TPSA) is 17.1 Å². The highest BCUT2D eigenvalue weighted by atomic mass is 16.1. The van der Waals surface area contributed by atoms with Crippen LogP contribution in [0.1, 0.15) is 27.2 Å². The lowest BCUT2D eigenvalue weighted by molar-refractivity contribution is -0.113. The summed E-state index contributed by atoms with van der Waals surface area (Å²) in [7, 11) is 0. The second-order valence-electron chi connectivity index (χ2n) is 3.19. The summed E-state index contributed by atoms with van der Waals surface area (Å²) in [4.78, 5) is 10.7. The zero-order valence-corrected chi connectivity index (χ0v) is 7.71. The number of hydrogen-bond donors (Lipinski definition) is 0. The van der Waals surface area contributed by atoms with Crippen LogP contribution in [0.4, 0.5) is 0 Å². The molecule has 64 valence electrons. The summed E-state index contributed by atoms with van der Waals surface area (Å²) >= 11 is 0. The van der Waals surface area contributed by atoms with Crippen LogP contribution >= 0.6 is 0 Å². The predicted molar refractivity (Wildman–Crippen MR) is 48.4 cm³/mol. The Morgan fingerprint density at radius 1 is 1.45 bits per heavy atom. The first-order chi connectivity index (χ1) is 5.17. The van der Waals surface area contributed by atoms with E-state index in [-0.39, 0.29) is 5.92 Å². The maximum Gasteiger partial charge on any atom is 0.123 e. The molecule has 0 aromatic carbocycles. The van der Waals surface area contributed by atoms with Crippen LogP contribution in [0, 0.1) is 17.8 Å². The second kappa shape index (κ2) is 5.11. The average Bonchev–Trinajstić information content (AvgIpc) is 2.05. The van der Waals surface area contributed by atoms with E-state index in [0.29, 0.717) is 11.8 Å². The number of allylic oxidation sites excluding steroid dienone is 1. The molecule has 0 saturated carbocycles. The molecule has 11 heavy (non-hydrogen) atoms. The summed E-state index contributed by atoms with van der Waals surface area (Å²) in [6, 6.07) is 0. The van der Waals surface area contributed by atoms with Crippen LogP contribution in [0.3, 0.4) is 0 Å². The van der Waals surface area contributed by atoms with Crippen molar-refractivity contribution in [2.24, 2.45) is 17.8 Å². The van der Waals surface area contributed by atoms with E-state index in [2.05, 4.69) is 20.4 Å². The van der Waals surface area contributed by atoms with E-state index in [1.165, 1.54) is 0 Å². The van der Waals surface area contributed by atoms with Crippen molar-refractivity contribution in [2.45, 2.75) is 27.2 Å². The van der Waals surface area contributed by atoms with Gasteiger partial charge in [-0.3, -0.25) is 0 Å². The molecule has 0 aromatic rings. The van der Waals surface area contributed by atoms with Crippen molar-refractivity contribution in [1.82, 2.24) is 0 Å². The lowest BCUT2D eigenvalue weighted by Crippen LogP contribution is -2.19. The summed E-state index contributed by atoms with van der Waals surface area (Å²) in [6.07, 6.45) is 3.97. The van der Waals surface area contributed by atoms with E-state index < -0.39 is 0 Å². The molecule has 0 aliphatic carbocycles. The van der Waals surface area contributed by atoms with Crippen molar-refractivity contribution in [2.75, 3.05) is 0 Å². The molecule has 0 radical (unpaired) electrons. The Hall–Kier alpha value is -0.590. The zero-order valence-electron chi connectivity index (χ0n) is 7.71. The van der Waals surface area contributed by atoms with Crippen molar-refractivity contribution in [1.29, 1.82) is 0 Å². The Kier molecular flexibility index (Phi) is 4.84. The summed E-state index contributed by atoms with van der Waals surface area (Å²) in [5.74, 6) is 0.931. The summed E-state index contributed by atoms with van der Waals surface area (Å²) in [5.41, 5.74) is 0. The first-order valence-corrected chi connectivity index (χ1v) is 4.25. The first-order valence-electron chi connectivity index (χ1n) is 4.25. The molecule has 0 amide bonds. The third kappa shape index (κ3) is 2.87. The van der Waals surface area contributed by atoms with Crippen molar-refractivity contribution in [3.8, 4) is 0 Å². The Morgan fingerprint density at radius 3 is 2.27 bits per heavy atom. The van der Waals surface area contributed by atoms with Crippen LogP contribution < -0.4 is 0 Å². The van der Waals surface area contributed by atoms with E-state index in [9.17, 15) is 4.79 Å². The van der Waals surface area contributed by atoms with Gasteiger partial charge in [0, 0.05) is 5.92 Å². The van der Waals surface area contributed by atoms with Crippen LogP contribution in [0.15, 0.2) is 12.7 Å². The third-order valence-electron chi connectivity index (χ3n) is 2.44. The Bertz CT molecular complexity index is 129. The molecule has 0 rings (SSSR count). The van der Waals surface area contributed by atoms with Crippen LogP contribution in [-0.2, 0) is 4.79 Å². The molecule has 1 nitrogen and oxygen atoms in total. The van der Waals surface area contributed by atoms with Gasteiger partial charge in [-0.05, 0) is 11.8 Å². The van der Waals surface area contributed by atoms with Crippen LogP contribution in [0.5, 0.6) is 0 Å². The molecule has 0 saturated heterocycles. The van der Waals surface area contributed by atoms with Gasteiger partial charge in [0.25, 0.3) is 0 Å². The second-order valence-corrected chi connectivity index (χ2v) is 3.19. The van der Waals surface area contributed by atoms with E-state index in [4.69, 9.17) is 0 Å². The van der Waals surface area contributed by atoms with Gasteiger partial charge in [0.2, 0.25) is 0 Å². The highest BCUT2D eigenvalue weighted by molar-refractivity contribution is 5.54. The SMILES string of the molecule is C=CC(C)C(C=O)C(C)CC. The van der Waals surface area contributed by atoms with Crippen molar-refractivity contribution < 1.29 is 4.79 Å². The normalized spacial score (nSPS) is 18.5. The predicted octanol–water partition coefficient (Wildman–Crippen LogP) is 2.67. The minimum absolute atomic E-state index is 0.150. The molecule has 3 atom stereocenters. The quantitative estimate of drug-likeness (QED) is 0.439. The number of aldehydes is 1. The van der Waals surface area contributed by atoms with Gasteiger partial charge in [-0.25, -0.2) is 0 Å². The third-order valence-corrected chi connectivity index (χ3v) is 2.44. The van der Waals surface area contributed by atoms with Gasteiger partial charge in [-0.1, -0.05) is 33.3 Å². The largest absolute Gasteiger partial charge is 0.303 e. The number of hydrogen-bond acceptors (Lipinski definition) is 1. The maximum atomic E-state index is 10.7. The standard InChI is InChI=1S/C10H18O/c1-5-8(3)10(7-11)9(4)6-2/h5,7-10H,1,6H2,2-4H3. The average molecular weight is 154 g/mol. The monoisotopic (exact) mass is 154 g/mol. The lowest BCUT2D eigenvalue weighted by Gasteiger charge is -2.20. The van der Waals surface area contributed by atoms with Gasteiger partial charge < -0.3 is 4.79 Å². The van der Waals surface area contributed by atoms with Gasteiger partial charge in [0.05, 0.1) is 0 Å². The van der Waals surface area contributed by atoms with Gasteiger partial charge >= 0.3 is 0 Å². The maximum absolute atomic E-state index is 10.7. The molecular formula is C10H18O. The molecule has 0 N–H and O–H groups in total. The molecule has 0 spiro atoms. The molecule has 0 aliphatic heterocycles. The fraction of sp³-hybridized carbons (Fsp3) is 0.700. The molecule has 0 aromatic heterocycles. The molecular weight excluding hydrogens is 136 g/mol. The minimum Gasteiger partial charge on any atom is -0.303 e. The number of carbonyl (C=O) groups excluding carboxylic acids is 1. The van der Waals surface area contributed by atoms with E-state index >= 15 is 0 Å². The summed E-state index contributed by atoms with van der Waals surface area (Å²) < 4.78 is 0. The first kappa shape index (κ1) is 10.4. The number of carbonyl (C=O) groups is 1. The summed E-state index contributed by atoms with van der Waals surface area (Å²) in [5, 5.41) is 0. The zero-order chi connectivity index (χ0) is 8.85. The fourth-order valence-electron chi connectivity index (χ4n) is 1.21. The molecule has 0 aliphatic rings. The van der Waals surface area contributed by atoms with Gasteiger partial charge in [-0.2, -0.15) is 0 Å². The molecule has 3 unspecified atom stereocenters. The van der Waals surface area contributed by atoms with Gasteiger partial charge in [0.1, 0.15) is 6.29 Å². The Balaban J connectivity index is 4.13. The Labute approximate surface area is 69.5 Å². The van der Waals surface area contributed by atoms with E-state index in [1.807, 2.05) is 13.0 Å². The van der Waals surface area contributed by atoms with Crippen molar-refractivity contribution in [3.63, 3.8) is 0 Å². The van der Waals surface area contributed by atoms with Crippen molar-refractivity contribution in [3.05, 3.63) is 12.7 Å². The molecule has 0 bridgehead atoms. The smallest absolute Gasteiger partial charge is 0.123 e. The van der Waals surface area contributed by atoms with Gasteiger partial charge in [0.15, 0.2) is 0 Å². The molecule has 0 heterocycles. The fourth-order valence-corrected chi connectivity index (χ4v) is 1.21. The van der Waals surface area contributed by atoms with E-state index in [1.54, 1.807) is 0 Å². The molecule has 0 fully saturated rings. The minimum atomic E-state index is 0.150. The van der Waals surface area contributed by atoms with Crippen LogP contribution in [0.25, 0.3) is 0 Å². The van der Waals surface area contributed by atoms with Crippen LogP contribution in [0.2, 0.25) is 0 Å². The highest BCUT2D eigenvalue weighted by Gasteiger charge is 2.19. The highest BCUT2D eigenvalue weighted by Crippen LogP contribution is 2.21. The summed E-state index contributed by atoms with van der Waals surface area (Å²) in [6.45, 7) is 9.95. The van der Waals surface area contributed by atoms with Crippen LogP contribution in [-0.4, -0.2) is 6.29 Å². The molecule has 1 heteroatoms. The van der Waals surface area contributed by atoms with Crippen molar-refractivity contribution >= 4 is 6.29 Å². The number of rotatable bonds is 5. The Morgan fingerprint density at radius 2 is 2.00 bits per heavy atom. The lowest BCUT2D eigenvalue weighted by atomic mass is 9.83. The van der Waals surface area contributed by atoms with E-state index in [0.717, 1.165) is 12.7 Å². The van der Waals surface area contributed by atoms with Gasteiger partial charge in [-0.15, -0.1) is 6.58 Å².